The molecule has 1 aliphatic rings. The number of rotatable bonds is 5. The van der Waals surface area contributed by atoms with Crippen molar-refractivity contribution in [3.05, 3.63) is 64.8 Å². The first-order valence-electron chi connectivity index (χ1n) is 12.7. The molecular weight excluding hydrogens is 494 g/mol. The van der Waals surface area contributed by atoms with E-state index in [2.05, 4.69) is 39.9 Å². The van der Waals surface area contributed by atoms with Crippen LogP contribution in [-0.4, -0.2) is 49.4 Å². The number of piperidine rings is 1. The van der Waals surface area contributed by atoms with E-state index in [9.17, 15) is 13.2 Å². The highest BCUT2D eigenvalue weighted by Crippen LogP contribution is 2.31. The number of hydrogen-bond donors (Lipinski definition) is 1. The molecule has 0 unspecified atom stereocenters. The van der Waals surface area contributed by atoms with Crippen molar-refractivity contribution >= 4 is 38.4 Å². The van der Waals surface area contributed by atoms with Gasteiger partial charge in [0.2, 0.25) is 0 Å². The molecule has 196 valence electrons. The lowest BCUT2D eigenvalue weighted by molar-refractivity contribution is 0.0726. The van der Waals surface area contributed by atoms with Crippen LogP contribution in [0.1, 0.15) is 69.8 Å². The lowest BCUT2D eigenvalue weighted by atomic mass is 9.87. The number of carbonyl (C=O) groups excluding carboxylic acids is 1. The van der Waals surface area contributed by atoms with Gasteiger partial charge in [0.15, 0.2) is 0 Å². The van der Waals surface area contributed by atoms with Crippen LogP contribution in [0.2, 0.25) is 5.02 Å². The molecule has 1 fully saturated rings. The largest absolute Gasteiger partial charge is 0.339 e. The van der Waals surface area contributed by atoms with Crippen LogP contribution in [0.4, 0.5) is 0 Å². The Hall–Kier alpha value is -2.35. The van der Waals surface area contributed by atoms with E-state index in [1.807, 2.05) is 12.1 Å². The number of fused-ring (bicyclic) bond motifs is 1. The molecule has 3 aromatic rings. The van der Waals surface area contributed by atoms with Gasteiger partial charge in [-0.1, -0.05) is 58.4 Å². The van der Waals surface area contributed by atoms with E-state index >= 15 is 0 Å². The number of nitrogens with zero attached hydrogens (tertiary/aromatic N) is 2. The van der Waals surface area contributed by atoms with Crippen LogP contribution in [0.5, 0.6) is 0 Å². The molecule has 4 rings (SSSR count). The summed E-state index contributed by atoms with van der Waals surface area (Å²) in [5.41, 5.74) is 1.79. The number of likely N-dealkylation sites (tertiary alicyclic amines) is 1. The molecule has 8 heteroatoms. The molecule has 1 amide bonds. The third-order valence-electron chi connectivity index (χ3n) is 6.38. The minimum absolute atomic E-state index is 0.0762. The van der Waals surface area contributed by atoms with Gasteiger partial charge in [-0.2, -0.15) is 0 Å². The molecule has 0 aliphatic carbocycles. The van der Waals surface area contributed by atoms with Gasteiger partial charge in [0.05, 0.1) is 16.0 Å². The minimum Gasteiger partial charge on any atom is -0.339 e. The van der Waals surface area contributed by atoms with Crippen LogP contribution < -0.4 is 5.32 Å². The second kappa shape index (κ2) is 11.8. The Morgan fingerprint density at radius 1 is 0.972 bits per heavy atom. The Balaban J connectivity index is 0.000000658. The maximum absolute atomic E-state index is 13.5. The maximum Gasteiger partial charge on any atom is 0.268 e. The summed E-state index contributed by atoms with van der Waals surface area (Å²) in [5.74, 6) is -0.149. The van der Waals surface area contributed by atoms with E-state index in [4.69, 9.17) is 11.6 Å². The first kappa shape index (κ1) is 28.2. The highest BCUT2D eigenvalue weighted by Gasteiger charge is 2.27. The van der Waals surface area contributed by atoms with Gasteiger partial charge in [0.25, 0.3) is 15.9 Å². The van der Waals surface area contributed by atoms with E-state index in [0.717, 1.165) is 37.9 Å². The Morgan fingerprint density at radius 3 is 2.11 bits per heavy atom. The van der Waals surface area contributed by atoms with Crippen LogP contribution in [0.15, 0.2) is 53.6 Å². The zero-order valence-electron chi connectivity index (χ0n) is 22.0. The van der Waals surface area contributed by atoms with Crippen molar-refractivity contribution in [2.75, 3.05) is 26.2 Å². The summed E-state index contributed by atoms with van der Waals surface area (Å²) in [5, 5.41) is 4.13. The fraction of sp³-hybridized carbons (Fsp3) is 0.464. The van der Waals surface area contributed by atoms with Crippen molar-refractivity contribution in [2.45, 2.75) is 64.2 Å². The van der Waals surface area contributed by atoms with Gasteiger partial charge in [-0.05, 0) is 73.7 Å². The topological polar surface area (TPSA) is 71.4 Å². The highest BCUT2D eigenvalue weighted by molar-refractivity contribution is 7.90. The van der Waals surface area contributed by atoms with Crippen LogP contribution in [0.3, 0.4) is 0 Å². The molecule has 0 atom stereocenters. The van der Waals surface area contributed by atoms with Gasteiger partial charge in [-0.15, -0.1) is 0 Å². The Kier molecular flexibility index (Phi) is 9.25. The number of carbonyl (C=O) groups is 1. The molecule has 2 aromatic carbocycles. The zero-order valence-corrected chi connectivity index (χ0v) is 23.5. The molecule has 0 spiro atoms. The number of halogens is 1. The summed E-state index contributed by atoms with van der Waals surface area (Å²) >= 11 is 6.20. The monoisotopic (exact) mass is 531 g/mol. The molecule has 1 aliphatic heterocycles. The van der Waals surface area contributed by atoms with Crippen LogP contribution >= 0.6 is 11.6 Å². The summed E-state index contributed by atoms with van der Waals surface area (Å²) in [6.45, 7) is 14.0. The fourth-order valence-electron chi connectivity index (χ4n) is 4.30. The van der Waals surface area contributed by atoms with E-state index < -0.39 is 10.0 Å². The third kappa shape index (κ3) is 6.31. The van der Waals surface area contributed by atoms with Gasteiger partial charge < -0.3 is 10.2 Å². The number of nitrogens with one attached hydrogen (secondary N) is 1. The molecule has 6 nitrogen and oxygen atoms in total. The van der Waals surface area contributed by atoms with Crippen molar-refractivity contribution in [3.63, 3.8) is 0 Å². The summed E-state index contributed by atoms with van der Waals surface area (Å²) in [6, 6.07) is 11.9. The van der Waals surface area contributed by atoms with Crippen molar-refractivity contribution in [1.82, 2.24) is 14.2 Å². The van der Waals surface area contributed by atoms with E-state index in [1.165, 1.54) is 10.2 Å². The first-order chi connectivity index (χ1) is 17.0. The third-order valence-corrected chi connectivity index (χ3v) is 8.31. The average Bonchev–Trinajstić information content (AvgIpc) is 3.24. The van der Waals surface area contributed by atoms with Gasteiger partial charge in [-0.3, -0.25) is 4.79 Å². The summed E-state index contributed by atoms with van der Waals surface area (Å²) in [6.07, 6.45) is 4.48. The van der Waals surface area contributed by atoms with Gasteiger partial charge >= 0.3 is 0 Å². The number of benzene rings is 2. The van der Waals surface area contributed by atoms with Gasteiger partial charge in [-0.25, -0.2) is 12.4 Å². The molecule has 0 bridgehead atoms. The van der Waals surface area contributed by atoms with Crippen molar-refractivity contribution in [2.24, 2.45) is 0 Å². The van der Waals surface area contributed by atoms with Crippen LogP contribution in [0.25, 0.3) is 10.9 Å². The van der Waals surface area contributed by atoms with E-state index in [1.54, 1.807) is 35.2 Å². The lowest BCUT2D eigenvalue weighted by Gasteiger charge is -2.26. The predicted octanol–water partition coefficient (Wildman–Crippen LogP) is 6.07. The highest BCUT2D eigenvalue weighted by atomic mass is 35.5. The quantitative estimate of drug-likeness (QED) is 0.433. The number of amides is 1. The molecule has 0 saturated carbocycles. The maximum atomic E-state index is 13.5. The van der Waals surface area contributed by atoms with Crippen LogP contribution in [-0.2, 0) is 15.4 Å². The summed E-state index contributed by atoms with van der Waals surface area (Å²) < 4.78 is 28.2. The minimum atomic E-state index is -3.88. The fourth-order valence-corrected chi connectivity index (χ4v) is 5.84. The molecule has 2 heterocycles. The molecule has 0 radical (unpaired) electrons. The van der Waals surface area contributed by atoms with Crippen LogP contribution in [0, 0.1) is 0 Å². The normalized spacial score (nSPS) is 14.4. The standard InChI is InChI=1S/C24H27ClN2O3S.C4H11N/c1-24(2,3)17-7-10-19(11-8-17)31(29,30)27-16-21(20-15-18(25)9-12-22(20)27)23(28)26-13-5-4-6-14-26;1-3-5-4-2/h7-12,15-16H,4-6,13-14H2,1-3H3;5H,3-4H2,1-2H3. The Labute approximate surface area is 220 Å². The van der Waals surface area contributed by atoms with E-state index in [-0.39, 0.29) is 16.2 Å². The van der Waals surface area contributed by atoms with Crippen molar-refractivity contribution in [1.29, 1.82) is 0 Å². The molecule has 1 aromatic heterocycles. The second-order valence-electron chi connectivity index (χ2n) is 10.1. The molecule has 36 heavy (non-hydrogen) atoms. The van der Waals surface area contributed by atoms with Gasteiger partial charge in [0, 0.05) is 29.7 Å². The number of aromatic nitrogens is 1. The van der Waals surface area contributed by atoms with E-state index in [0.29, 0.717) is 34.6 Å². The molecule has 1 saturated heterocycles. The molecule has 1 N–H and O–H groups in total. The second-order valence-corrected chi connectivity index (χ2v) is 12.3. The smallest absolute Gasteiger partial charge is 0.268 e. The SMILES string of the molecule is CC(C)(C)c1ccc(S(=O)(=O)n2cc(C(=O)N3CCCCC3)c3cc(Cl)ccc32)cc1.CCNCC. The first-order valence-corrected chi connectivity index (χ1v) is 14.5. The lowest BCUT2D eigenvalue weighted by Crippen LogP contribution is -2.35. The van der Waals surface area contributed by atoms with Crippen molar-refractivity contribution in [3.8, 4) is 0 Å². The summed E-state index contributed by atoms with van der Waals surface area (Å²) in [4.78, 5) is 15.2. The summed E-state index contributed by atoms with van der Waals surface area (Å²) in [7, 11) is -3.88. The number of hydrogen-bond acceptors (Lipinski definition) is 4. The average molecular weight is 532 g/mol. The zero-order chi connectivity index (χ0) is 26.5. The van der Waals surface area contributed by atoms with Crippen molar-refractivity contribution < 1.29 is 13.2 Å². The predicted molar refractivity (Wildman–Crippen MR) is 149 cm³/mol. The Bertz CT molecular complexity index is 1280. The molecular formula is C28H38ClN3O3S. The Morgan fingerprint density at radius 2 is 1.58 bits per heavy atom. The van der Waals surface area contributed by atoms with Gasteiger partial charge in [0.1, 0.15) is 0 Å².